The Hall–Kier alpha value is -2.27. The van der Waals surface area contributed by atoms with Gasteiger partial charge in [0, 0.05) is 37.4 Å². The third-order valence-corrected chi connectivity index (χ3v) is 3.50. The van der Waals surface area contributed by atoms with Gasteiger partial charge in [0.2, 0.25) is 0 Å². The zero-order valence-electron chi connectivity index (χ0n) is 12.6. The minimum Gasteiger partial charge on any atom is -0.307 e. The number of hydrogen-bond donors (Lipinski definition) is 1. The summed E-state index contributed by atoms with van der Waals surface area (Å²) in [6.45, 7) is 5.54. The molecule has 0 unspecified atom stereocenters. The Balaban J connectivity index is 1.69. The van der Waals surface area contributed by atoms with Crippen LogP contribution in [0.2, 0.25) is 0 Å². The van der Waals surface area contributed by atoms with Crippen LogP contribution in [0.3, 0.4) is 0 Å². The molecule has 0 spiro atoms. The van der Waals surface area contributed by atoms with E-state index < -0.39 is 0 Å². The maximum absolute atomic E-state index is 4.49. The van der Waals surface area contributed by atoms with Crippen LogP contribution in [0, 0.1) is 13.8 Å². The van der Waals surface area contributed by atoms with Gasteiger partial charge < -0.3 is 5.32 Å². The zero-order chi connectivity index (χ0) is 14.8. The molecule has 1 N–H and O–H groups in total. The van der Waals surface area contributed by atoms with Gasteiger partial charge in [0.05, 0.1) is 11.4 Å². The van der Waals surface area contributed by atoms with Crippen LogP contribution in [-0.2, 0) is 20.1 Å². The second-order valence-electron chi connectivity index (χ2n) is 5.30. The van der Waals surface area contributed by atoms with Crippen molar-refractivity contribution in [2.24, 2.45) is 7.05 Å². The van der Waals surface area contributed by atoms with E-state index >= 15 is 0 Å². The van der Waals surface area contributed by atoms with Gasteiger partial charge in [-0.3, -0.25) is 9.67 Å². The molecule has 0 bridgehead atoms. The molecule has 0 aliphatic carbocycles. The van der Waals surface area contributed by atoms with Crippen molar-refractivity contribution in [1.29, 1.82) is 0 Å². The smallest absolute Gasteiger partial charge is 0.157 e. The van der Waals surface area contributed by atoms with Crippen molar-refractivity contribution in [3.8, 4) is 0 Å². The van der Waals surface area contributed by atoms with E-state index in [4.69, 9.17) is 0 Å². The van der Waals surface area contributed by atoms with E-state index in [1.165, 1.54) is 0 Å². The number of rotatable bonds is 4. The largest absolute Gasteiger partial charge is 0.307 e. The summed E-state index contributed by atoms with van der Waals surface area (Å²) in [4.78, 5) is 8.97. The van der Waals surface area contributed by atoms with Crippen molar-refractivity contribution in [3.05, 3.63) is 53.1 Å². The number of nitrogens with one attached hydrogen (secondary N) is 1. The molecule has 5 nitrogen and oxygen atoms in total. The molecule has 0 aromatic carbocycles. The summed E-state index contributed by atoms with van der Waals surface area (Å²) in [5.41, 5.74) is 5.20. The fourth-order valence-electron chi connectivity index (χ4n) is 2.48. The van der Waals surface area contributed by atoms with Crippen LogP contribution in [0.15, 0.2) is 30.5 Å². The molecular formula is C16H19N5. The first-order chi connectivity index (χ1) is 10.1. The first-order valence-corrected chi connectivity index (χ1v) is 7.05. The van der Waals surface area contributed by atoms with Crippen LogP contribution < -0.4 is 5.32 Å². The van der Waals surface area contributed by atoms with Gasteiger partial charge in [0.1, 0.15) is 0 Å². The van der Waals surface area contributed by atoms with Gasteiger partial charge in [-0.15, -0.1) is 0 Å². The van der Waals surface area contributed by atoms with Gasteiger partial charge >= 0.3 is 0 Å². The Morgan fingerprint density at radius 1 is 1.19 bits per heavy atom. The number of fused-ring (bicyclic) bond motifs is 1. The summed E-state index contributed by atoms with van der Waals surface area (Å²) in [6.07, 6.45) is 1.90. The molecule has 0 radical (unpaired) electrons. The maximum atomic E-state index is 4.49. The third kappa shape index (κ3) is 2.92. The minimum atomic E-state index is 0.756. The van der Waals surface area contributed by atoms with Crippen molar-refractivity contribution >= 4 is 11.0 Å². The van der Waals surface area contributed by atoms with Gasteiger partial charge in [-0.25, -0.2) is 4.98 Å². The number of pyridine rings is 2. The summed E-state index contributed by atoms with van der Waals surface area (Å²) >= 11 is 0. The summed E-state index contributed by atoms with van der Waals surface area (Å²) in [5, 5.41) is 8.92. The van der Waals surface area contributed by atoms with E-state index in [2.05, 4.69) is 26.4 Å². The SMILES string of the molecule is Cc1cccc(CNCc2cnc3c(c2)c(C)nn3C)n1. The molecule has 108 valence electrons. The van der Waals surface area contributed by atoms with E-state index in [0.717, 1.165) is 46.8 Å². The molecule has 0 aliphatic rings. The Bertz CT molecular complexity index is 775. The fraction of sp³-hybridized carbons (Fsp3) is 0.312. The van der Waals surface area contributed by atoms with Gasteiger partial charge in [-0.2, -0.15) is 5.10 Å². The fourth-order valence-corrected chi connectivity index (χ4v) is 2.48. The van der Waals surface area contributed by atoms with Crippen molar-refractivity contribution < 1.29 is 0 Å². The van der Waals surface area contributed by atoms with Crippen molar-refractivity contribution in [2.75, 3.05) is 0 Å². The highest BCUT2D eigenvalue weighted by Gasteiger charge is 2.06. The second-order valence-corrected chi connectivity index (χ2v) is 5.30. The molecule has 0 fully saturated rings. The Morgan fingerprint density at radius 2 is 2.05 bits per heavy atom. The van der Waals surface area contributed by atoms with Crippen molar-refractivity contribution in [1.82, 2.24) is 25.1 Å². The number of nitrogens with zero attached hydrogens (tertiary/aromatic N) is 4. The number of aryl methyl sites for hydroxylation is 3. The molecule has 0 saturated carbocycles. The molecule has 3 aromatic heterocycles. The molecule has 0 atom stereocenters. The quantitative estimate of drug-likeness (QED) is 0.797. The number of aromatic nitrogens is 4. The standard InChI is InChI=1S/C16H19N5/c1-11-5-4-6-14(19-11)10-17-8-13-7-15-12(2)20-21(3)16(15)18-9-13/h4-7,9,17H,8,10H2,1-3H3. The molecule has 21 heavy (non-hydrogen) atoms. The lowest BCUT2D eigenvalue weighted by Gasteiger charge is -2.05. The van der Waals surface area contributed by atoms with Crippen molar-refractivity contribution in [3.63, 3.8) is 0 Å². The minimum absolute atomic E-state index is 0.756. The van der Waals surface area contributed by atoms with Gasteiger partial charge in [0.25, 0.3) is 0 Å². The first kappa shape index (κ1) is 13.7. The Morgan fingerprint density at radius 3 is 2.86 bits per heavy atom. The monoisotopic (exact) mass is 281 g/mol. The summed E-state index contributed by atoms with van der Waals surface area (Å²) in [5.74, 6) is 0. The van der Waals surface area contributed by atoms with E-state index in [9.17, 15) is 0 Å². The molecule has 0 amide bonds. The lowest BCUT2D eigenvalue weighted by molar-refractivity contribution is 0.677. The summed E-state index contributed by atoms with van der Waals surface area (Å²) in [7, 11) is 1.92. The molecule has 3 rings (SSSR count). The van der Waals surface area contributed by atoms with E-state index in [0.29, 0.717) is 0 Å². The summed E-state index contributed by atoms with van der Waals surface area (Å²) in [6, 6.07) is 8.23. The zero-order valence-corrected chi connectivity index (χ0v) is 12.6. The normalized spacial score (nSPS) is 11.2. The van der Waals surface area contributed by atoms with Gasteiger partial charge in [0.15, 0.2) is 5.65 Å². The molecule has 5 heteroatoms. The lowest BCUT2D eigenvalue weighted by atomic mass is 10.2. The lowest BCUT2D eigenvalue weighted by Crippen LogP contribution is -2.14. The number of hydrogen-bond acceptors (Lipinski definition) is 4. The van der Waals surface area contributed by atoms with Crippen LogP contribution >= 0.6 is 0 Å². The van der Waals surface area contributed by atoms with Crippen LogP contribution in [0.1, 0.15) is 22.6 Å². The van der Waals surface area contributed by atoms with Crippen LogP contribution in [0.4, 0.5) is 0 Å². The Kier molecular flexibility index (Phi) is 3.66. The molecular weight excluding hydrogens is 262 g/mol. The van der Waals surface area contributed by atoms with E-state index in [1.54, 1.807) is 0 Å². The van der Waals surface area contributed by atoms with E-state index in [-0.39, 0.29) is 0 Å². The Labute approximate surface area is 124 Å². The molecule has 3 aromatic rings. The maximum Gasteiger partial charge on any atom is 0.157 e. The average molecular weight is 281 g/mol. The highest BCUT2D eigenvalue weighted by molar-refractivity contribution is 5.78. The topological polar surface area (TPSA) is 55.6 Å². The highest BCUT2D eigenvalue weighted by Crippen LogP contribution is 2.16. The molecule has 3 heterocycles. The summed E-state index contributed by atoms with van der Waals surface area (Å²) < 4.78 is 1.82. The predicted molar refractivity (Wildman–Crippen MR) is 82.8 cm³/mol. The molecule has 0 saturated heterocycles. The van der Waals surface area contributed by atoms with E-state index in [1.807, 2.05) is 50.0 Å². The third-order valence-electron chi connectivity index (χ3n) is 3.50. The van der Waals surface area contributed by atoms with Crippen LogP contribution in [-0.4, -0.2) is 19.7 Å². The van der Waals surface area contributed by atoms with Crippen LogP contribution in [0.25, 0.3) is 11.0 Å². The first-order valence-electron chi connectivity index (χ1n) is 7.05. The molecule has 0 aliphatic heterocycles. The average Bonchev–Trinajstić information content (AvgIpc) is 2.74. The van der Waals surface area contributed by atoms with Crippen LogP contribution in [0.5, 0.6) is 0 Å². The predicted octanol–water partition coefficient (Wildman–Crippen LogP) is 2.27. The van der Waals surface area contributed by atoms with Crippen molar-refractivity contribution in [2.45, 2.75) is 26.9 Å². The second kappa shape index (κ2) is 5.61. The van der Waals surface area contributed by atoms with Gasteiger partial charge in [-0.1, -0.05) is 6.07 Å². The highest BCUT2D eigenvalue weighted by atomic mass is 15.3. The van der Waals surface area contributed by atoms with Gasteiger partial charge in [-0.05, 0) is 37.6 Å².